The first kappa shape index (κ1) is 22.2. The highest BCUT2D eigenvalue weighted by Gasteiger charge is 2.29. The van der Waals surface area contributed by atoms with E-state index in [2.05, 4.69) is 22.5 Å². The third kappa shape index (κ3) is 4.41. The predicted octanol–water partition coefficient (Wildman–Crippen LogP) is 4.62. The molecule has 174 valence electrons. The van der Waals surface area contributed by atoms with Crippen molar-refractivity contribution in [3.63, 3.8) is 0 Å². The molecule has 2 unspecified atom stereocenters. The van der Waals surface area contributed by atoms with E-state index in [1.165, 1.54) is 0 Å². The van der Waals surface area contributed by atoms with Gasteiger partial charge in [0.1, 0.15) is 11.5 Å². The van der Waals surface area contributed by atoms with E-state index in [9.17, 15) is 4.79 Å². The lowest BCUT2D eigenvalue weighted by atomic mass is 9.95. The van der Waals surface area contributed by atoms with Crippen molar-refractivity contribution < 1.29 is 4.79 Å². The van der Waals surface area contributed by atoms with Crippen molar-refractivity contribution in [2.75, 3.05) is 18.4 Å². The summed E-state index contributed by atoms with van der Waals surface area (Å²) in [7, 11) is 0. The number of fused-ring (bicyclic) bond motifs is 1. The van der Waals surface area contributed by atoms with Gasteiger partial charge in [0.2, 0.25) is 0 Å². The van der Waals surface area contributed by atoms with Crippen LogP contribution < -0.4 is 10.6 Å². The number of aromatic nitrogens is 3. The van der Waals surface area contributed by atoms with Crippen LogP contribution in [-0.4, -0.2) is 45.7 Å². The first-order valence-corrected chi connectivity index (χ1v) is 11.9. The number of benzene rings is 1. The quantitative estimate of drug-likeness (QED) is 0.521. The summed E-state index contributed by atoms with van der Waals surface area (Å²) < 4.78 is 2.02. The number of nitrogens with zero attached hydrogens (tertiary/aromatic N) is 4. The van der Waals surface area contributed by atoms with Gasteiger partial charge in [-0.05, 0) is 62.4 Å². The summed E-state index contributed by atoms with van der Waals surface area (Å²) in [5.74, 6) is 1.33. The SMILES string of the molecule is CCC1C=Nc2c(c(-c3ccc(C(=O)Nc4ccccn4)cc3)nn2C2CCCNC2)C(=N)C1. The molecule has 0 radical (unpaired) electrons. The molecular formula is C26H29N7O. The van der Waals surface area contributed by atoms with Crippen LogP contribution in [0.5, 0.6) is 0 Å². The van der Waals surface area contributed by atoms with Crippen LogP contribution in [0, 0.1) is 11.3 Å². The van der Waals surface area contributed by atoms with Crippen LogP contribution >= 0.6 is 0 Å². The number of carbonyl (C=O) groups excluding carboxylic acids is 1. The Bertz CT molecular complexity index is 1210. The summed E-state index contributed by atoms with van der Waals surface area (Å²) >= 11 is 0. The van der Waals surface area contributed by atoms with Crippen molar-refractivity contribution in [3.05, 3.63) is 59.8 Å². The first-order valence-electron chi connectivity index (χ1n) is 11.9. The molecule has 5 rings (SSSR count). The second-order valence-corrected chi connectivity index (χ2v) is 8.87. The Morgan fingerprint density at radius 1 is 1.24 bits per heavy atom. The van der Waals surface area contributed by atoms with Gasteiger partial charge in [-0.2, -0.15) is 5.10 Å². The van der Waals surface area contributed by atoms with Crippen molar-refractivity contribution in [3.8, 4) is 11.3 Å². The summed E-state index contributed by atoms with van der Waals surface area (Å²) in [5.41, 5.74) is 3.56. The maximum absolute atomic E-state index is 12.6. The second kappa shape index (κ2) is 9.69. The fourth-order valence-electron chi connectivity index (χ4n) is 4.57. The lowest BCUT2D eigenvalue weighted by molar-refractivity contribution is 0.102. The molecule has 0 bridgehead atoms. The number of piperidine rings is 1. The van der Waals surface area contributed by atoms with Crippen molar-refractivity contribution >= 4 is 29.5 Å². The summed E-state index contributed by atoms with van der Waals surface area (Å²) in [6.07, 6.45) is 7.36. The normalized spacial score (nSPS) is 20.0. The largest absolute Gasteiger partial charge is 0.315 e. The molecule has 0 spiro atoms. The van der Waals surface area contributed by atoms with Crippen LogP contribution in [0.15, 0.2) is 53.7 Å². The molecule has 1 aromatic carbocycles. The number of amides is 1. The topological polar surface area (TPSA) is 108 Å². The molecule has 1 saturated heterocycles. The number of anilines is 1. The summed E-state index contributed by atoms with van der Waals surface area (Å²) in [6, 6.07) is 13.0. The number of hydrogen-bond acceptors (Lipinski definition) is 6. The zero-order valence-corrected chi connectivity index (χ0v) is 19.3. The number of aliphatic imine (C=N–C) groups is 1. The van der Waals surface area contributed by atoms with E-state index in [4.69, 9.17) is 15.5 Å². The highest BCUT2D eigenvalue weighted by atomic mass is 16.1. The van der Waals surface area contributed by atoms with Crippen molar-refractivity contribution in [2.24, 2.45) is 10.9 Å². The molecule has 3 N–H and O–H groups in total. The predicted molar refractivity (Wildman–Crippen MR) is 134 cm³/mol. The molecule has 2 aliphatic heterocycles. The summed E-state index contributed by atoms with van der Waals surface area (Å²) in [4.78, 5) is 21.6. The first-order chi connectivity index (χ1) is 16.6. The van der Waals surface area contributed by atoms with Crippen molar-refractivity contribution in [1.82, 2.24) is 20.1 Å². The Balaban J connectivity index is 1.49. The Morgan fingerprint density at radius 3 is 2.79 bits per heavy atom. The van der Waals surface area contributed by atoms with Gasteiger partial charge in [0.15, 0.2) is 5.82 Å². The van der Waals surface area contributed by atoms with Gasteiger partial charge in [0.05, 0.1) is 11.6 Å². The van der Waals surface area contributed by atoms with Gasteiger partial charge in [0, 0.05) is 35.8 Å². The standard InChI is InChI=1S/C26H29N7O/c1-2-17-14-21(27)23-24(32-33(25(23)30-15-17)20-6-5-12-28-16-20)18-8-10-19(11-9-18)26(34)31-22-7-3-4-13-29-22/h3-4,7-11,13,15,17,20,27-28H,2,5-6,12,14,16H2,1H3,(H,29,31,34). The van der Waals surface area contributed by atoms with Crippen LogP contribution in [0.1, 0.15) is 54.6 Å². The van der Waals surface area contributed by atoms with E-state index < -0.39 is 0 Å². The maximum Gasteiger partial charge on any atom is 0.256 e. The Hall–Kier alpha value is -3.65. The Labute approximate surface area is 199 Å². The molecule has 8 heteroatoms. The number of carbonyl (C=O) groups is 1. The molecule has 2 atom stereocenters. The average molecular weight is 456 g/mol. The molecule has 1 fully saturated rings. The zero-order valence-electron chi connectivity index (χ0n) is 19.3. The fraction of sp³-hybridized carbons (Fsp3) is 0.346. The van der Waals surface area contributed by atoms with Crippen LogP contribution in [-0.2, 0) is 0 Å². The fourth-order valence-corrected chi connectivity index (χ4v) is 4.57. The van der Waals surface area contributed by atoms with Gasteiger partial charge in [-0.1, -0.05) is 25.1 Å². The van der Waals surface area contributed by atoms with Gasteiger partial charge in [-0.15, -0.1) is 0 Å². The Morgan fingerprint density at radius 2 is 2.09 bits per heavy atom. The molecule has 34 heavy (non-hydrogen) atoms. The van der Waals surface area contributed by atoms with Crippen LogP contribution in [0.3, 0.4) is 0 Å². The number of rotatable bonds is 5. The second-order valence-electron chi connectivity index (χ2n) is 8.87. The van der Waals surface area contributed by atoms with E-state index in [0.717, 1.165) is 55.0 Å². The van der Waals surface area contributed by atoms with Crippen molar-refractivity contribution in [1.29, 1.82) is 5.41 Å². The lowest BCUT2D eigenvalue weighted by Crippen LogP contribution is -2.32. The molecular weight excluding hydrogens is 426 g/mol. The van der Waals surface area contributed by atoms with Crippen LogP contribution in [0.2, 0.25) is 0 Å². The Kier molecular flexibility index (Phi) is 6.31. The lowest BCUT2D eigenvalue weighted by Gasteiger charge is -2.24. The van der Waals surface area contributed by atoms with Gasteiger partial charge in [-0.25, -0.2) is 14.7 Å². The molecule has 4 heterocycles. The number of pyridine rings is 1. The molecule has 0 saturated carbocycles. The minimum absolute atomic E-state index is 0.211. The van der Waals surface area contributed by atoms with Gasteiger partial charge < -0.3 is 16.0 Å². The van der Waals surface area contributed by atoms with E-state index >= 15 is 0 Å². The van der Waals surface area contributed by atoms with E-state index in [1.807, 2.05) is 29.1 Å². The highest BCUT2D eigenvalue weighted by molar-refractivity contribution is 6.09. The molecule has 3 aromatic rings. The number of nitrogens with one attached hydrogen (secondary N) is 3. The molecule has 1 amide bonds. The van der Waals surface area contributed by atoms with E-state index in [1.54, 1.807) is 30.5 Å². The minimum Gasteiger partial charge on any atom is -0.315 e. The monoisotopic (exact) mass is 455 g/mol. The zero-order chi connectivity index (χ0) is 23.5. The van der Waals surface area contributed by atoms with Gasteiger partial charge in [-0.3, -0.25) is 4.79 Å². The molecule has 2 aromatic heterocycles. The summed E-state index contributed by atoms with van der Waals surface area (Å²) in [6.45, 7) is 4.00. The highest BCUT2D eigenvalue weighted by Crippen LogP contribution is 2.37. The molecule has 0 aliphatic carbocycles. The van der Waals surface area contributed by atoms with Gasteiger partial charge >= 0.3 is 0 Å². The van der Waals surface area contributed by atoms with Gasteiger partial charge in [0.25, 0.3) is 5.91 Å². The smallest absolute Gasteiger partial charge is 0.256 e. The third-order valence-corrected chi connectivity index (χ3v) is 6.53. The van der Waals surface area contributed by atoms with Crippen molar-refractivity contribution in [2.45, 2.75) is 38.6 Å². The van der Waals surface area contributed by atoms with E-state index in [-0.39, 0.29) is 17.9 Å². The maximum atomic E-state index is 12.6. The van der Waals surface area contributed by atoms with Crippen LogP contribution in [0.4, 0.5) is 11.6 Å². The average Bonchev–Trinajstić information content (AvgIpc) is 3.19. The minimum atomic E-state index is -0.217. The molecule has 2 aliphatic rings. The third-order valence-electron chi connectivity index (χ3n) is 6.53. The number of hydrogen-bond donors (Lipinski definition) is 3. The summed E-state index contributed by atoms with van der Waals surface area (Å²) in [5, 5.41) is 20.1. The van der Waals surface area contributed by atoms with Crippen LogP contribution in [0.25, 0.3) is 11.3 Å². The molecule has 8 nitrogen and oxygen atoms in total. The van der Waals surface area contributed by atoms with E-state index in [0.29, 0.717) is 23.5 Å².